The van der Waals surface area contributed by atoms with Crippen LogP contribution in [0.5, 0.6) is 5.88 Å². The minimum atomic E-state index is -4.33. The van der Waals surface area contributed by atoms with Gasteiger partial charge in [-0.25, -0.2) is 24.1 Å². The Labute approximate surface area is 343 Å². The molecule has 3 aromatic rings. The van der Waals surface area contributed by atoms with E-state index in [1.54, 1.807) is 12.3 Å². The van der Waals surface area contributed by atoms with Crippen LogP contribution < -0.4 is 16.0 Å². The van der Waals surface area contributed by atoms with Crippen molar-refractivity contribution in [2.75, 3.05) is 18.9 Å². The summed E-state index contributed by atoms with van der Waals surface area (Å²) in [5, 5.41) is 0. The van der Waals surface area contributed by atoms with E-state index in [-0.39, 0.29) is 52.3 Å². The van der Waals surface area contributed by atoms with Crippen LogP contribution in [0.2, 0.25) is 22.2 Å². The van der Waals surface area contributed by atoms with Crippen molar-refractivity contribution in [3.63, 3.8) is 0 Å². The number of hydrogen-bond acceptors (Lipinski definition) is 17. The van der Waals surface area contributed by atoms with Gasteiger partial charge in [0.2, 0.25) is 11.8 Å². The highest BCUT2D eigenvalue weighted by molar-refractivity contribution is 8.44. The number of nitrogens with one attached hydrogen (secondary N) is 1. The van der Waals surface area contributed by atoms with Gasteiger partial charge < -0.3 is 33.1 Å². The SMILES string of the molecule is CC(C)[Si](O)(O[Si](O[C@H]1[C@H]2O[P@](=O)(S)OC[C@H]3C[C@@H](Oc4ccncn4)C[C@@H]3O[P@](=O)(S)OC[C@H]1O[C@H]2n1cnc2c(=O)[nH]c(N)nc21)(C(C)C)C(C)C)C(C)C. The second kappa shape index (κ2) is 17.3. The van der Waals surface area contributed by atoms with Crippen LogP contribution in [0, 0.1) is 5.92 Å². The Morgan fingerprint density at radius 3 is 2.26 bits per heavy atom. The zero-order valence-corrected chi connectivity index (χ0v) is 38.6. The molecule has 5 heterocycles. The number of aromatic nitrogens is 6. The molecule has 3 fully saturated rings. The summed E-state index contributed by atoms with van der Waals surface area (Å²) >= 11 is 8.82. The van der Waals surface area contributed by atoms with E-state index >= 15 is 0 Å². The topological polar surface area (TPSA) is 244 Å². The Morgan fingerprint density at radius 1 is 0.965 bits per heavy atom. The van der Waals surface area contributed by atoms with Crippen molar-refractivity contribution in [2.45, 2.75) is 127 Å². The van der Waals surface area contributed by atoms with Crippen LogP contribution >= 0.6 is 38.1 Å². The van der Waals surface area contributed by atoms with Crippen molar-refractivity contribution in [3.05, 3.63) is 35.3 Å². The Kier molecular flexibility index (Phi) is 13.7. The summed E-state index contributed by atoms with van der Waals surface area (Å²) in [6, 6.07) is 1.61. The van der Waals surface area contributed by atoms with Crippen molar-refractivity contribution in [1.29, 1.82) is 0 Å². The number of nitrogens with zero attached hydrogens (tertiary/aromatic N) is 5. The normalized spacial score (nSPS) is 31.8. The summed E-state index contributed by atoms with van der Waals surface area (Å²) in [7, 11) is -7.08. The van der Waals surface area contributed by atoms with Gasteiger partial charge in [0.25, 0.3) is 5.56 Å². The van der Waals surface area contributed by atoms with Gasteiger partial charge in [-0.15, -0.1) is 0 Å². The summed E-state index contributed by atoms with van der Waals surface area (Å²) in [6.45, 7) is 6.43. The molecule has 2 bridgehead atoms. The predicted molar refractivity (Wildman–Crippen MR) is 221 cm³/mol. The van der Waals surface area contributed by atoms with Gasteiger partial charge in [0, 0.05) is 24.6 Å². The first-order valence-electron chi connectivity index (χ1n) is 18.9. The van der Waals surface area contributed by atoms with E-state index in [9.17, 15) is 18.7 Å². The molecule has 318 valence electrons. The quantitative estimate of drug-likeness (QED) is 0.0834. The molecule has 0 aromatic carbocycles. The van der Waals surface area contributed by atoms with Gasteiger partial charge in [0.05, 0.1) is 25.6 Å². The van der Waals surface area contributed by atoms with Gasteiger partial charge in [-0.3, -0.25) is 27.9 Å². The monoisotopic (exact) mass is 909 g/mol. The maximum Gasteiger partial charge on any atom is 0.386 e. The first-order valence-corrected chi connectivity index (χ1v) is 28.2. The Bertz CT molecular complexity index is 2020. The zero-order chi connectivity index (χ0) is 41.7. The Hall–Kier alpha value is -1.70. The maximum atomic E-state index is 14.5. The average molecular weight is 910 g/mol. The van der Waals surface area contributed by atoms with E-state index in [1.807, 2.05) is 55.4 Å². The highest BCUT2D eigenvalue weighted by Gasteiger charge is 2.60. The smallest absolute Gasteiger partial charge is 0.386 e. The van der Waals surface area contributed by atoms with Gasteiger partial charge in [-0.05, 0) is 28.6 Å². The number of rotatable bonds is 11. The third-order valence-corrected chi connectivity index (χ3v) is 23.7. The van der Waals surface area contributed by atoms with Gasteiger partial charge in [-0.2, -0.15) is 4.98 Å². The fraction of sp³-hybridized carbons (Fsp3) is 0.719. The van der Waals surface area contributed by atoms with E-state index < -0.39 is 85.5 Å². The van der Waals surface area contributed by atoms with E-state index in [4.69, 9.17) is 41.8 Å². The molecule has 9 atom stereocenters. The Balaban J connectivity index is 1.43. The molecule has 0 amide bonds. The summed E-state index contributed by atoms with van der Waals surface area (Å²) in [5.74, 6) is -0.359. The highest BCUT2D eigenvalue weighted by atomic mass is 32.7. The second-order valence-corrected chi connectivity index (χ2v) is 30.2. The first-order chi connectivity index (χ1) is 26.6. The molecule has 19 nitrogen and oxygen atoms in total. The number of H-pyrrole nitrogens is 1. The molecule has 0 spiro atoms. The number of nitrogens with two attached hydrogens (primary N) is 1. The standard InChI is InChI=1S/C32H53N7O12P2S2Si2/c1-17(2)56(43,18(3)4)51-57(19(5)6,20(7)8)50-27-24-14-45-52(41,54)48-23-12-22(46-25-9-10-34-15-35-25)11-21(23)13-44-53(42,55)49-28(27)31(47-24)39-16-36-26-29(39)37-32(33)38-30(26)40/h9-10,15-24,27-28,31,43H,11-14H2,1-8H3,(H,41,54)(H,42,55)(H3,33,37,38,40)/t21-,22-,23+,24-,27-,28-,31-,52-,53-/m1/s1. The number of aromatic amines is 1. The van der Waals surface area contributed by atoms with Crippen molar-refractivity contribution in [2.24, 2.45) is 5.92 Å². The lowest BCUT2D eigenvalue weighted by Crippen LogP contribution is -2.62. The van der Waals surface area contributed by atoms with Crippen molar-refractivity contribution in [1.82, 2.24) is 29.5 Å². The Morgan fingerprint density at radius 2 is 1.63 bits per heavy atom. The van der Waals surface area contributed by atoms with Crippen LogP contribution in [-0.4, -0.2) is 95.1 Å². The van der Waals surface area contributed by atoms with Gasteiger partial charge in [0.1, 0.15) is 30.7 Å². The van der Waals surface area contributed by atoms with E-state index in [2.05, 4.69) is 49.4 Å². The number of hydrogen-bond donors (Lipinski definition) is 5. The molecule has 2 aliphatic heterocycles. The molecule has 1 aliphatic carbocycles. The molecule has 25 heteroatoms. The number of ether oxygens (including phenoxy) is 2. The number of anilines is 1. The van der Waals surface area contributed by atoms with Gasteiger partial charge in [0.15, 0.2) is 17.4 Å². The van der Waals surface area contributed by atoms with Crippen LogP contribution in [-0.2, 0) is 40.5 Å². The van der Waals surface area contributed by atoms with Crippen LogP contribution in [0.25, 0.3) is 11.2 Å². The van der Waals surface area contributed by atoms with E-state index in [0.29, 0.717) is 12.3 Å². The molecule has 4 N–H and O–H groups in total. The molecular formula is C32H53N7O12P2S2Si2. The molecule has 1 saturated carbocycles. The van der Waals surface area contributed by atoms with Gasteiger partial charge in [-0.1, -0.05) is 79.9 Å². The van der Waals surface area contributed by atoms with Crippen molar-refractivity contribution in [3.8, 4) is 5.88 Å². The molecule has 6 rings (SSSR count). The molecule has 3 aromatic heterocycles. The fourth-order valence-corrected chi connectivity index (χ4v) is 20.7. The lowest BCUT2D eigenvalue weighted by molar-refractivity contribution is -0.0490. The third-order valence-electron chi connectivity index (χ3n) is 10.7. The van der Waals surface area contributed by atoms with Crippen molar-refractivity contribution < 1.29 is 50.0 Å². The summed E-state index contributed by atoms with van der Waals surface area (Å²) in [5.41, 5.74) is 4.42. The van der Waals surface area contributed by atoms with Gasteiger partial charge >= 0.3 is 30.7 Å². The van der Waals surface area contributed by atoms with Crippen LogP contribution in [0.3, 0.4) is 0 Å². The molecule has 3 aliphatic rings. The predicted octanol–water partition coefficient (Wildman–Crippen LogP) is 6.06. The van der Waals surface area contributed by atoms with Crippen LogP contribution in [0.4, 0.5) is 5.95 Å². The number of nitrogen functional groups attached to an aromatic ring is 1. The number of imidazole rings is 1. The molecule has 0 radical (unpaired) electrons. The minimum Gasteiger partial charge on any atom is -0.474 e. The molecular weight excluding hydrogens is 857 g/mol. The lowest BCUT2D eigenvalue weighted by Gasteiger charge is -2.47. The fourth-order valence-electron chi connectivity index (χ4n) is 7.72. The third kappa shape index (κ3) is 9.61. The van der Waals surface area contributed by atoms with Crippen molar-refractivity contribution >= 4 is 72.3 Å². The summed E-state index contributed by atoms with van der Waals surface area (Å²) in [4.78, 5) is 44.1. The summed E-state index contributed by atoms with van der Waals surface area (Å²) in [6.07, 6.45) is -1.32. The van der Waals surface area contributed by atoms with Crippen LogP contribution in [0.1, 0.15) is 74.5 Å². The lowest BCUT2D eigenvalue weighted by atomic mass is 10.1. The number of thiol groups is 2. The first kappa shape index (κ1) is 44.8. The van der Waals surface area contributed by atoms with Crippen LogP contribution in [0.15, 0.2) is 29.7 Å². The average Bonchev–Trinajstić information content (AvgIpc) is 3.80. The molecule has 0 unspecified atom stereocenters. The summed E-state index contributed by atoms with van der Waals surface area (Å²) < 4.78 is 81.3. The molecule has 2 saturated heterocycles. The van der Waals surface area contributed by atoms with E-state index in [1.165, 1.54) is 17.2 Å². The van der Waals surface area contributed by atoms with E-state index in [0.717, 1.165) is 0 Å². The molecule has 57 heavy (non-hydrogen) atoms. The zero-order valence-electron chi connectivity index (χ0n) is 33.0. The highest BCUT2D eigenvalue weighted by Crippen LogP contribution is 2.61. The second-order valence-electron chi connectivity index (χ2n) is 15.9. The minimum absolute atomic E-state index is 0.0341. The maximum absolute atomic E-state index is 14.5. The number of fused-ring (bicyclic) bond motifs is 4. The largest absolute Gasteiger partial charge is 0.474 e.